The summed E-state index contributed by atoms with van der Waals surface area (Å²) >= 11 is 0. The Hall–Kier alpha value is 1.55. The van der Waals surface area contributed by atoms with E-state index in [0.29, 0.717) is 6.61 Å². The Bertz CT molecular complexity index is 289. The molecule has 2 rings (SSSR count). The molecule has 0 fully saturated rings. The van der Waals surface area contributed by atoms with Crippen molar-refractivity contribution in [2.24, 2.45) is 0 Å². The molecule has 0 aliphatic carbocycles. The average molecular weight is 431 g/mol. The third-order valence-electron chi connectivity index (χ3n) is 1.55. The van der Waals surface area contributed by atoms with Crippen molar-refractivity contribution in [1.29, 1.82) is 0 Å². The first-order valence-corrected chi connectivity index (χ1v) is 3.35. The molecule has 0 spiro atoms. The minimum absolute atomic E-state index is 0. The summed E-state index contributed by atoms with van der Waals surface area (Å²) in [7, 11) is 0. The predicted octanol–water partition coefficient (Wildman–Crippen LogP) is 1.70. The van der Waals surface area contributed by atoms with E-state index in [2.05, 4.69) is 6.08 Å². The summed E-state index contributed by atoms with van der Waals surface area (Å²) in [6.07, 6.45) is 4.10. The van der Waals surface area contributed by atoms with Gasteiger partial charge in [0.2, 0.25) is 0 Å². The van der Waals surface area contributed by atoms with Crippen molar-refractivity contribution >= 4 is 14.5 Å². The van der Waals surface area contributed by atoms with Gasteiger partial charge in [0, 0.05) is 97.7 Å². The van der Waals surface area contributed by atoms with Gasteiger partial charge in [0.1, 0.15) is 12.4 Å². The molecule has 0 bridgehead atoms. The monoisotopic (exact) mass is 433 g/mol. The van der Waals surface area contributed by atoms with E-state index in [1.165, 1.54) is 5.56 Å². The summed E-state index contributed by atoms with van der Waals surface area (Å²) in [5.74, 6) is 0.991. The standard InChI is InChI=1S/C9H8O.B.Mo.Nb.Ti.V/c1-2-6-9-8(4-1)5-3-7-10-9;;;;;/h1-6H,7H2;;;;;. The van der Waals surface area contributed by atoms with Gasteiger partial charge < -0.3 is 4.74 Å². The molecule has 0 saturated carbocycles. The first-order valence-electron chi connectivity index (χ1n) is 3.35. The number of hydrogen-bond acceptors (Lipinski definition) is 1. The molecule has 0 saturated heterocycles. The van der Waals surface area contributed by atoms with E-state index < -0.39 is 0 Å². The van der Waals surface area contributed by atoms with Crippen molar-refractivity contribution < 1.29 is 88.5 Å². The Balaban J connectivity index is -0.000000121. The van der Waals surface area contributed by atoms with Crippen LogP contribution in [0.5, 0.6) is 5.75 Å². The van der Waals surface area contributed by atoms with Gasteiger partial charge in [0.05, 0.1) is 0 Å². The van der Waals surface area contributed by atoms with E-state index >= 15 is 0 Å². The first-order chi connectivity index (χ1) is 4.97. The number of rotatable bonds is 0. The van der Waals surface area contributed by atoms with E-state index in [1.807, 2.05) is 30.3 Å². The second kappa shape index (κ2) is 13.6. The van der Waals surface area contributed by atoms with Crippen LogP contribution >= 0.6 is 0 Å². The van der Waals surface area contributed by atoms with Crippen LogP contribution in [0.2, 0.25) is 0 Å². The summed E-state index contributed by atoms with van der Waals surface area (Å²) in [5.41, 5.74) is 1.17. The maximum Gasteiger partial charge on any atom is 0.126 e. The summed E-state index contributed by atoms with van der Waals surface area (Å²) in [4.78, 5) is 0. The summed E-state index contributed by atoms with van der Waals surface area (Å²) in [6, 6.07) is 8.03. The second-order valence-electron chi connectivity index (χ2n) is 2.25. The Morgan fingerprint density at radius 3 is 2.33 bits per heavy atom. The van der Waals surface area contributed by atoms with Gasteiger partial charge >= 0.3 is 0 Å². The largest absolute Gasteiger partial charge is 0.489 e. The number of ether oxygens (including phenoxy) is 1. The number of fused-ring (bicyclic) bond motifs is 1. The molecule has 73 valence electrons. The van der Waals surface area contributed by atoms with Crippen molar-refractivity contribution in [3.8, 4) is 5.75 Å². The van der Waals surface area contributed by atoms with E-state index in [-0.39, 0.29) is 92.1 Å². The fraction of sp³-hybridized carbons (Fsp3) is 0.111. The molecule has 6 heteroatoms. The Kier molecular flexibility index (Phi) is 23.1. The third kappa shape index (κ3) is 7.47. The predicted molar refractivity (Wildman–Crippen MR) is 46.7 cm³/mol. The van der Waals surface area contributed by atoms with Crippen molar-refractivity contribution in [1.82, 2.24) is 0 Å². The van der Waals surface area contributed by atoms with Crippen molar-refractivity contribution in [2.75, 3.05) is 6.61 Å². The quantitative estimate of drug-likeness (QED) is 0.570. The van der Waals surface area contributed by atoms with Gasteiger partial charge in [-0.15, -0.1) is 0 Å². The van der Waals surface area contributed by atoms with Gasteiger partial charge in [-0.25, -0.2) is 0 Å². The zero-order chi connectivity index (χ0) is 6.81. The maximum atomic E-state index is 5.34. The second-order valence-corrected chi connectivity index (χ2v) is 2.25. The van der Waals surface area contributed by atoms with Gasteiger partial charge in [-0.3, -0.25) is 0 Å². The molecular formula is C9H8BMoNbOTiV. The molecular weight excluding hydrogens is 423 g/mol. The molecule has 0 amide bonds. The van der Waals surface area contributed by atoms with E-state index in [1.54, 1.807) is 0 Å². The molecule has 1 aliphatic rings. The number of hydrogen-bond donors (Lipinski definition) is 0. The molecule has 15 heavy (non-hydrogen) atoms. The van der Waals surface area contributed by atoms with Crippen LogP contribution < -0.4 is 4.74 Å². The molecule has 1 aliphatic heterocycles. The summed E-state index contributed by atoms with van der Waals surface area (Å²) < 4.78 is 5.34. The smallest absolute Gasteiger partial charge is 0.126 e. The van der Waals surface area contributed by atoms with Crippen molar-refractivity contribution in [2.45, 2.75) is 0 Å². The molecule has 0 N–H and O–H groups in total. The van der Waals surface area contributed by atoms with E-state index in [9.17, 15) is 0 Å². The normalized spacial score (nSPS) is 9.33. The van der Waals surface area contributed by atoms with Crippen molar-refractivity contribution in [3.63, 3.8) is 0 Å². The summed E-state index contributed by atoms with van der Waals surface area (Å²) in [5, 5.41) is 0. The van der Waals surface area contributed by atoms with Crippen LogP contribution in [-0.2, 0) is 83.7 Å². The van der Waals surface area contributed by atoms with Gasteiger partial charge in [0.25, 0.3) is 0 Å². The Labute approximate surface area is 149 Å². The molecule has 1 nitrogen and oxygen atoms in total. The van der Waals surface area contributed by atoms with Crippen LogP contribution in [0.1, 0.15) is 5.56 Å². The molecule has 0 atom stereocenters. The molecule has 0 unspecified atom stereocenters. The van der Waals surface area contributed by atoms with Crippen LogP contribution in [0, 0.1) is 0 Å². The zero-order valence-corrected chi connectivity index (χ0v) is 15.1. The number of para-hydroxylation sites is 1. The van der Waals surface area contributed by atoms with Gasteiger partial charge in [-0.05, 0) is 12.1 Å². The Morgan fingerprint density at radius 2 is 1.73 bits per heavy atom. The van der Waals surface area contributed by atoms with Crippen LogP contribution in [0.4, 0.5) is 0 Å². The van der Waals surface area contributed by atoms with Gasteiger partial charge in [0.15, 0.2) is 0 Å². The topological polar surface area (TPSA) is 9.23 Å². The minimum atomic E-state index is 0. The third-order valence-corrected chi connectivity index (χ3v) is 1.55. The van der Waals surface area contributed by atoms with Crippen LogP contribution in [0.15, 0.2) is 30.3 Å². The minimum Gasteiger partial charge on any atom is -0.489 e. The fourth-order valence-corrected chi connectivity index (χ4v) is 1.06. The van der Waals surface area contributed by atoms with E-state index in [4.69, 9.17) is 4.74 Å². The number of benzene rings is 1. The first kappa shape index (κ1) is 25.4. The van der Waals surface area contributed by atoms with Gasteiger partial charge in [-0.2, -0.15) is 0 Å². The summed E-state index contributed by atoms with van der Waals surface area (Å²) in [6.45, 7) is 0.705. The van der Waals surface area contributed by atoms with Gasteiger partial charge in [-0.1, -0.05) is 24.3 Å². The van der Waals surface area contributed by atoms with Crippen LogP contribution in [0.25, 0.3) is 6.08 Å². The molecule has 1 heterocycles. The van der Waals surface area contributed by atoms with Crippen LogP contribution in [-0.4, -0.2) is 15.0 Å². The van der Waals surface area contributed by atoms with E-state index in [0.717, 1.165) is 5.75 Å². The zero-order valence-electron chi connectivity index (χ0n) is 7.96. The molecule has 5 radical (unpaired) electrons. The maximum absolute atomic E-state index is 5.34. The molecule has 0 aromatic heterocycles. The van der Waals surface area contributed by atoms with Crippen LogP contribution in [0.3, 0.4) is 0 Å². The molecule has 1 aromatic carbocycles. The van der Waals surface area contributed by atoms with Crippen molar-refractivity contribution in [3.05, 3.63) is 35.9 Å². The SMILES string of the molecule is C1=Cc2ccccc2OC1.[B].[Mo].[Nb].[Ti].[V]. The average Bonchev–Trinajstić information content (AvgIpc) is 2.05. The Morgan fingerprint density at radius 1 is 1.13 bits per heavy atom. The molecule has 1 aromatic rings. The fourth-order valence-electron chi connectivity index (χ4n) is 1.06.